The third-order valence-electron chi connectivity index (χ3n) is 3.81. The molecule has 122 valence electrons. The highest BCUT2D eigenvalue weighted by Gasteiger charge is 2.07. The molecule has 3 aromatic rings. The summed E-state index contributed by atoms with van der Waals surface area (Å²) in [5.74, 6) is 1.89. The SMILES string of the molecule is Cc1cccc(Oc2cccc(C(P)NCc3ccccc3)c2)c1. The second-order valence-electron chi connectivity index (χ2n) is 5.84. The summed E-state index contributed by atoms with van der Waals surface area (Å²) >= 11 is 0. The van der Waals surface area contributed by atoms with E-state index in [0.717, 1.165) is 18.0 Å². The van der Waals surface area contributed by atoms with Gasteiger partial charge >= 0.3 is 0 Å². The largest absolute Gasteiger partial charge is 0.457 e. The van der Waals surface area contributed by atoms with Gasteiger partial charge in [-0.3, -0.25) is 0 Å². The number of hydrogen-bond acceptors (Lipinski definition) is 2. The Bertz CT molecular complexity index is 789. The van der Waals surface area contributed by atoms with Gasteiger partial charge in [0.25, 0.3) is 0 Å². The van der Waals surface area contributed by atoms with Gasteiger partial charge in [0.05, 0.1) is 0 Å². The summed E-state index contributed by atoms with van der Waals surface area (Å²) in [6, 6.07) is 26.7. The van der Waals surface area contributed by atoms with E-state index < -0.39 is 0 Å². The van der Waals surface area contributed by atoms with E-state index in [1.54, 1.807) is 0 Å². The van der Waals surface area contributed by atoms with E-state index in [0.29, 0.717) is 0 Å². The maximum absolute atomic E-state index is 5.98. The van der Waals surface area contributed by atoms with E-state index in [1.165, 1.54) is 16.7 Å². The summed E-state index contributed by atoms with van der Waals surface area (Å²) in [5.41, 5.74) is 3.65. The van der Waals surface area contributed by atoms with E-state index in [2.05, 4.69) is 63.9 Å². The Morgan fingerprint density at radius 3 is 2.33 bits per heavy atom. The molecule has 0 aliphatic carbocycles. The van der Waals surface area contributed by atoms with Crippen LogP contribution in [0.25, 0.3) is 0 Å². The molecule has 3 aromatic carbocycles. The Kier molecular flexibility index (Phi) is 5.63. The van der Waals surface area contributed by atoms with Crippen LogP contribution in [-0.2, 0) is 6.54 Å². The first kappa shape index (κ1) is 16.7. The van der Waals surface area contributed by atoms with Crippen LogP contribution in [0.4, 0.5) is 0 Å². The van der Waals surface area contributed by atoms with Crippen molar-refractivity contribution in [3.05, 3.63) is 95.6 Å². The first-order valence-corrected chi connectivity index (χ1v) is 8.75. The van der Waals surface area contributed by atoms with Crippen LogP contribution in [0.15, 0.2) is 78.9 Å². The fourth-order valence-corrected chi connectivity index (χ4v) is 2.85. The van der Waals surface area contributed by atoms with Gasteiger partial charge in [-0.1, -0.05) is 54.6 Å². The predicted octanol–water partition coefficient (Wildman–Crippen LogP) is 5.45. The minimum Gasteiger partial charge on any atom is -0.457 e. The van der Waals surface area contributed by atoms with E-state index in [9.17, 15) is 0 Å². The van der Waals surface area contributed by atoms with Gasteiger partial charge in [0.2, 0.25) is 0 Å². The molecule has 0 radical (unpaired) electrons. The summed E-state index contributed by atoms with van der Waals surface area (Å²) in [4.78, 5) is 0. The van der Waals surface area contributed by atoms with Crippen LogP contribution in [0.5, 0.6) is 11.5 Å². The number of aryl methyl sites for hydroxylation is 1. The lowest BCUT2D eigenvalue weighted by Crippen LogP contribution is -2.15. The second kappa shape index (κ2) is 8.10. The quantitative estimate of drug-likeness (QED) is 0.605. The molecule has 2 nitrogen and oxygen atoms in total. The fraction of sp³-hybridized carbons (Fsp3) is 0.143. The van der Waals surface area contributed by atoms with Crippen LogP contribution in [0.3, 0.4) is 0 Å². The lowest BCUT2D eigenvalue weighted by molar-refractivity contribution is 0.481. The predicted molar refractivity (Wildman–Crippen MR) is 103 cm³/mol. The molecule has 3 heteroatoms. The van der Waals surface area contributed by atoms with E-state index in [1.807, 2.05) is 36.4 Å². The lowest BCUT2D eigenvalue weighted by atomic mass is 10.2. The minimum absolute atomic E-state index is 0.172. The van der Waals surface area contributed by atoms with Crippen LogP contribution in [-0.4, -0.2) is 0 Å². The van der Waals surface area contributed by atoms with Crippen molar-refractivity contribution in [2.24, 2.45) is 0 Å². The second-order valence-corrected chi connectivity index (χ2v) is 6.50. The van der Waals surface area contributed by atoms with E-state index >= 15 is 0 Å². The molecule has 0 amide bonds. The molecule has 2 atom stereocenters. The van der Waals surface area contributed by atoms with Gasteiger partial charge in [0.15, 0.2) is 0 Å². The Labute approximate surface area is 146 Å². The van der Waals surface area contributed by atoms with E-state index in [-0.39, 0.29) is 5.78 Å². The van der Waals surface area contributed by atoms with Crippen LogP contribution < -0.4 is 10.1 Å². The Morgan fingerprint density at radius 1 is 0.875 bits per heavy atom. The van der Waals surface area contributed by atoms with Crippen molar-refractivity contribution in [3.63, 3.8) is 0 Å². The molecule has 0 aromatic heterocycles. The third kappa shape index (κ3) is 4.67. The normalized spacial score (nSPS) is 11.9. The zero-order valence-electron chi connectivity index (χ0n) is 13.8. The molecule has 0 saturated heterocycles. The summed E-state index contributed by atoms with van der Waals surface area (Å²) in [5, 5.41) is 3.52. The molecule has 0 bridgehead atoms. The molecule has 0 saturated carbocycles. The number of ether oxygens (including phenoxy) is 1. The average Bonchev–Trinajstić information content (AvgIpc) is 2.61. The minimum atomic E-state index is 0.172. The van der Waals surface area contributed by atoms with Gasteiger partial charge < -0.3 is 10.1 Å². The van der Waals surface area contributed by atoms with Crippen molar-refractivity contribution in [1.82, 2.24) is 5.32 Å². The first-order chi connectivity index (χ1) is 11.7. The molecule has 2 unspecified atom stereocenters. The molecular weight excluding hydrogens is 313 g/mol. The highest BCUT2D eigenvalue weighted by Crippen LogP contribution is 2.27. The van der Waals surface area contributed by atoms with Gasteiger partial charge in [-0.2, -0.15) is 0 Å². The fourth-order valence-electron chi connectivity index (χ4n) is 2.53. The topological polar surface area (TPSA) is 21.3 Å². The molecule has 24 heavy (non-hydrogen) atoms. The number of rotatable bonds is 6. The van der Waals surface area contributed by atoms with Crippen LogP contribution in [0.2, 0.25) is 0 Å². The Hall–Kier alpha value is -2.15. The zero-order chi connectivity index (χ0) is 16.8. The van der Waals surface area contributed by atoms with Crippen LogP contribution in [0, 0.1) is 6.92 Å². The Balaban J connectivity index is 1.66. The number of benzene rings is 3. The van der Waals surface area contributed by atoms with Crippen molar-refractivity contribution in [1.29, 1.82) is 0 Å². The highest BCUT2D eigenvalue weighted by molar-refractivity contribution is 7.17. The molecule has 1 N–H and O–H groups in total. The zero-order valence-corrected chi connectivity index (χ0v) is 14.9. The lowest BCUT2D eigenvalue weighted by Gasteiger charge is -2.15. The summed E-state index contributed by atoms with van der Waals surface area (Å²) in [7, 11) is 2.86. The van der Waals surface area contributed by atoms with Gasteiger partial charge in [0.1, 0.15) is 11.5 Å². The summed E-state index contributed by atoms with van der Waals surface area (Å²) in [6.07, 6.45) is 0. The van der Waals surface area contributed by atoms with Crippen molar-refractivity contribution in [2.75, 3.05) is 0 Å². The van der Waals surface area contributed by atoms with Crippen molar-refractivity contribution in [3.8, 4) is 11.5 Å². The average molecular weight is 335 g/mol. The maximum Gasteiger partial charge on any atom is 0.127 e. The highest BCUT2D eigenvalue weighted by atomic mass is 31.0. The molecule has 3 rings (SSSR count). The van der Waals surface area contributed by atoms with Gasteiger partial charge in [-0.15, -0.1) is 9.24 Å². The maximum atomic E-state index is 5.98. The summed E-state index contributed by atoms with van der Waals surface area (Å²) in [6.45, 7) is 2.90. The first-order valence-electron chi connectivity index (χ1n) is 8.08. The van der Waals surface area contributed by atoms with Crippen LogP contribution >= 0.6 is 9.24 Å². The smallest absolute Gasteiger partial charge is 0.127 e. The third-order valence-corrected chi connectivity index (χ3v) is 4.43. The molecule has 0 aliphatic heterocycles. The molecule has 0 spiro atoms. The molecule has 0 heterocycles. The van der Waals surface area contributed by atoms with Gasteiger partial charge in [-0.25, -0.2) is 0 Å². The molecule has 0 fully saturated rings. The van der Waals surface area contributed by atoms with Crippen molar-refractivity contribution in [2.45, 2.75) is 19.3 Å². The van der Waals surface area contributed by atoms with Gasteiger partial charge in [0, 0.05) is 12.3 Å². The van der Waals surface area contributed by atoms with Crippen LogP contribution in [0.1, 0.15) is 22.5 Å². The van der Waals surface area contributed by atoms with Crippen molar-refractivity contribution < 1.29 is 4.74 Å². The van der Waals surface area contributed by atoms with Crippen molar-refractivity contribution >= 4 is 9.24 Å². The standard InChI is InChI=1S/C21H22NOP/c1-16-7-5-11-19(13-16)23-20-12-6-10-18(14-20)21(24)22-15-17-8-3-2-4-9-17/h2-14,21-22H,15,24H2,1H3. The van der Waals surface area contributed by atoms with Gasteiger partial charge in [-0.05, 0) is 47.9 Å². The van der Waals surface area contributed by atoms with E-state index in [4.69, 9.17) is 4.74 Å². The number of nitrogens with one attached hydrogen (secondary N) is 1. The monoisotopic (exact) mass is 335 g/mol. The molecule has 0 aliphatic rings. The molecular formula is C21H22NOP. The Morgan fingerprint density at radius 2 is 1.58 bits per heavy atom. The number of hydrogen-bond donors (Lipinski definition) is 1. The summed E-state index contributed by atoms with van der Waals surface area (Å²) < 4.78 is 5.98.